The number of aryl methyl sites for hydroxylation is 1. The number of fused-ring (bicyclic) bond motifs is 1. The molecule has 1 fully saturated rings. The van der Waals surface area contributed by atoms with Gasteiger partial charge in [0.05, 0.1) is 11.8 Å². The van der Waals surface area contributed by atoms with Gasteiger partial charge in [-0.1, -0.05) is 6.92 Å². The predicted molar refractivity (Wildman–Crippen MR) is 103 cm³/mol. The van der Waals surface area contributed by atoms with Crippen LogP contribution in [0, 0.1) is 0 Å². The first kappa shape index (κ1) is 18.4. The number of pyridine rings is 1. The molecule has 0 aliphatic carbocycles. The van der Waals surface area contributed by atoms with E-state index in [1.165, 1.54) is 0 Å². The minimum absolute atomic E-state index is 0.427. The van der Waals surface area contributed by atoms with Gasteiger partial charge < -0.3 is 20.7 Å². The second-order valence-corrected chi connectivity index (χ2v) is 11.6. The molecular formula is C17H27N4O3P. The molecule has 138 valence electrons. The number of imidazole rings is 1. The largest absolute Gasteiger partial charge is 0.397 e. The minimum Gasteiger partial charge on any atom is -0.397 e. The number of nitrogen functional groups attached to an aromatic ring is 1. The Morgan fingerprint density at radius 1 is 1.36 bits per heavy atom. The Morgan fingerprint density at radius 3 is 2.72 bits per heavy atom. The maximum Gasteiger partial charge on any atom is 0.165 e. The molecule has 0 bridgehead atoms. The Kier molecular flexibility index (Phi) is 4.95. The summed E-state index contributed by atoms with van der Waals surface area (Å²) in [4.78, 5) is 8.91. The van der Waals surface area contributed by atoms with E-state index in [1.54, 1.807) is 16.8 Å². The normalized spacial score (nSPS) is 27.2. The number of nitrogens with zero attached hydrogens (tertiary/aromatic N) is 3. The van der Waals surface area contributed by atoms with Gasteiger partial charge in [0.1, 0.15) is 23.5 Å². The van der Waals surface area contributed by atoms with E-state index in [0.717, 1.165) is 12.0 Å². The smallest absolute Gasteiger partial charge is 0.165 e. The fourth-order valence-electron chi connectivity index (χ4n) is 3.23. The number of hydrogen-bond donors (Lipinski definition) is 3. The number of hydrogen-bond acceptors (Lipinski definition) is 6. The first-order chi connectivity index (χ1) is 11.7. The fraction of sp³-hybridized carbons (Fsp3) is 0.588. The summed E-state index contributed by atoms with van der Waals surface area (Å²) >= 11 is 0. The molecule has 2 aromatic rings. The van der Waals surface area contributed by atoms with Crippen LogP contribution in [0.1, 0.15) is 25.4 Å². The molecule has 8 heteroatoms. The summed E-state index contributed by atoms with van der Waals surface area (Å²) in [6, 6.07) is 1.70. The van der Waals surface area contributed by atoms with Crippen molar-refractivity contribution in [2.24, 2.45) is 0 Å². The zero-order valence-corrected chi connectivity index (χ0v) is 15.9. The molecule has 2 aromatic heterocycles. The molecule has 4 N–H and O–H groups in total. The van der Waals surface area contributed by atoms with E-state index in [4.69, 9.17) is 10.5 Å². The Balaban J connectivity index is 1.95. The van der Waals surface area contributed by atoms with Crippen molar-refractivity contribution in [1.82, 2.24) is 14.5 Å². The average molecular weight is 366 g/mol. The van der Waals surface area contributed by atoms with Gasteiger partial charge in [-0.2, -0.15) is 0 Å². The van der Waals surface area contributed by atoms with Crippen LogP contribution in [0.4, 0.5) is 5.69 Å². The van der Waals surface area contributed by atoms with Gasteiger partial charge in [-0.25, -0.2) is 9.97 Å². The summed E-state index contributed by atoms with van der Waals surface area (Å²) in [5.41, 5.74) is 7.70. The van der Waals surface area contributed by atoms with Gasteiger partial charge in [-0.15, -0.1) is 13.2 Å². The molecular weight excluding hydrogens is 339 g/mol. The Bertz CT molecular complexity index is 816. The molecule has 1 saturated heterocycles. The van der Waals surface area contributed by atoms with Crippen LogP contribution in [0.15, 0.2) is 12.3 Å². The highest BCUT2D eigenvalue weighted by Gasteiger charge is 2.44. The summed E-state index contributed by atoms with van der Waals surface area (Å²) < 4.78 is 7.82. The zero-order chi connectivity index (χ0) is 18.4. The fourth-order valence-corrected chi connectivity index (χ4v) is 4.18. The average Bonchev–Trinajstić information content (AvgIpc) is 3.05. The molecule has 3 heterocycles. The molecule has 1 aliphatic rings. The highest BCUT2D eigenvalue weighted by molar-refractivity contribution is 7.72. The Labute approximate surface area is 147 Å². The van der Waals surface area contributed by atoms with E-state index in [1.807, 2.05) is 6.92 Å². The number of nitrogens with two attached hydrogens (primary N) is 1. The molecule has 1 unspecified atom stereocenters. The third-order valence-electron chi connectivity index (χ3n) is 4.61. The van der Waals surface area contributed by atoms with Crippen LogP contribution in [0.2, 0.25) is 0 Å². The van der Waals surface area contributed by atoms with Crippen molar-refractivity contribution in [3.8, 4) is 0 Å². The maximum absolute atomic E-state index is 10.6. The molecule has 0 aromatic carbocycles. The molecule has 1 aliphatic heterocycles. The first-order valence-corrected chi connectivity index (χ1v) is 11.6. The summed E-state index contributed by atoms with van der Waals surface area (Å²) in [7, 11) is 0. The summed E-state index contributed by atoms with van der Waals surface area (Å²) in [5.74, 6) is 0.724. The van der Waals surface area contributed by atoms with Crippen LogP contribution >= 0.6 is 6.89 Å². The van der Waals surface area contributed by atoms with Crippen molar-refractivity contribution in [1.29, 1.82) is 0 Å². The SMILES string of the molecule is C=P(C)(C)CCC1O[C@@H](n2c(CC)nc3c(N)ccnc32)[C@H](O)[C@@H]1O. The van der Waals surface area contributed by atoms with E-state index < -0.39 is 31.4 Å². The lowest BCUT2D eigenvalue weighted by Crippen LogP contribution is -2.32. The van der Waals surface area contributed by atoms with E-state index in [-0.39, 0.29) is 0 Å². The quantitative estimate of drug-likeness (QED) is 0.689. The molecule has 3 rings (SSSR count). The zero-order valence-electron chi connectivity index (χ0n) is 15.0. The Hall–Kier alpha value is -1.40. The minimum atomic E-state index is -1.23. The van der Waals surface area contributed by atoms with Crippen LogP contribution in [-0.4, -0.2) is 68.9 Å². The molecule has 0 spiro atoms. The summed E-state index contributed by atoms with van der Waals surface area (Å²) in [6.07, 6.45) is 4.88. The number of aliphatic hydroxyl groups excluding tert-OH is 2. The second kappa shape index (κ2) is 6.72. The molecule has 7 nitrogen and oxygen atoms in total. The van der Waals surface area contributed by atoms with Gasteiger partial charge in [0.2, 0.25) is 0 Å². The lowest BCUT2D eigenvalue weighted by atomic mass is 10.1. The van der Waals surface area contributed by atoms with Crippen LogP contribution < -0.4 is 5.73 Å². The lowest BCUT2D eigenvalue weighted by Gasteiger charge is -2.19. The van der Waals surface area contributed by atoms with Crippen molar-refractivity contribution in [3.63, 3.8) is 0 Å². The molecule has 0 amide bonds. The van der Waals surface area contributed by atoms with Gasteiger partial charge in [0.25, 0.3) is 0 Å². The summed E-state index contributed by atoms with van der Waals surface area (Å²) in [6.45, 7) is 5.04. The molecule has 0 saturated carbocycles. The maximum atomic E-state index is 10.6. The van der Waals surface area contributed by atoms with Gasteiger partial charge in [-0.3, -0.25) is 4.57 Å². The van der Waals surface area contributed by atoms with E-state index in [9.17, 15) is 10.2 Å². The monoisotopic (exact) mass is 366 g/mol. The van der Waals surface area contributed by atoms with Crippen molar-refractivity contribution in [2.75, 3.05) is 25.2 Å². The topological polar surface area (TPSA) is 106 Å². The number of rotatable bonds is 5. The van der Waals surface area contributed by atoms with Crippen LogP contribution in [0.3, 0.4) is 0 Å². The van der Waals surface area contributed by atoms with Crippen LogP contribution in [0.5, 0.6) is 0 Å². The molecule has 25 heavy (non-hydrogen) atoms. The lowest BCUT2D eigenvalue weighted by molar-refractivity contribution is -0.0367. The van der Waals surface area contributed by atoms with Crippen LogP contribution in [0.25, 0.3) is 11.2 Å². The van der Waals surface area contributed by atoms with E-state index in [0.29, 0.717) is 29.7 Å². The van der Waals surface area contributed by atoms with Crippen molar-refractivity contribution >= 4 is 30.0 Å². The standard InChI is InChI=1S/C17H27N4O3P/c1-5-12-20-13-10(18)6-8-19-16(13)21(12)17-15(23)14(22)11(24-17)7-9-25(2,3)4/h6,8,11,14-15,17,22-23H,2,5,7,9H2,1,3-4H3,(H2,18,19)/t11?,14-,15-,17-/m1/s1. The van der Waals surface area contributed by atoms with Crippen LogP contribution in [-0.2, 0) is 11.2 Å². The van der Waals surface area contributed by atoms with E-state index >= 15 is 0 Å². The predicted octanol–water partition coefficient (Wildman–Crippen LogP) is 1.29. The number of ether oxygens (including phenoxy) is 1. The Morgan fingerprint density at radius 2 is 2.08 bits per heavy atom. The van der Waals surface area contributed by atoms with Gasteiger partial charge >= 0.3 is 0 Å². The summed E-state index contributed by atoms with van der Waals surface area (Å²) in [5, 5.41) is 21.0. The molecule has 0 radical (unpaired) electrons. The van der Waals surface area contributed by atoms with Crippen molar-refractivity contribution in [3.05, 3.63) is 18.1 Å². The number of aromatic nitrogens is 3. The van der Waals surface area contributed by atoms with Gasteiger partial charge in [-0.05, 0) is 32.0 Å². The third-order valence-corrected chi connectivity index (χ3v) is 6.08. The number of anilines is 1. The van der Waals surface area contributed by atoms with E-state index in [2.05, 4.69) is 29.6 Å². The second-order valence-electron chi connectivity index (χ2n) is 7.32. The van der Waals surface area contributed by atoms with Crippen molar-refractivity contribution < 1.29 is 14.9 Å². The molecule has 4 atom stereocenters. The van der Waals surface area contributed by atoms with Gasteiger partial charge in [0, 0.05) is 12.6 Å². The first-order valence-electron chi connectivity index (χ1n) is 8.53. The third kappa shape index (κ3) is 3.47. The highest BCUT2D eigenvalue weighted by Crippen LogP contribution is 2.40. The highest BCUT2D eigenvalue weighted by atomic mass is 31.2. The van der Waals surface area contributed by atoms with Gasteiger partial charge in [0.15, 0.2) is 11.9 Å². The van der Waals surface area contributed by atoms with Crippen molar-refractivity contribution in [2.45, 2.75) is 44.3 Å². The number of aliphatic hydroxyl groups is 2.